The summed E-state index contributed by atoms with van der Waals surface area (Å²) in [6, 6.07) is 120. The fourth-order valence-corrected chi connectivity index (χ4v) is 11.4. The lowest BCUT2D eigenvalue weighted by atomic mass is 9.81. The SMILES string of the molecule is [B][B].c1ccc(-c2cc(-c3ccc(-c4ccc(-c5ccc(N(c6ccccc6)c6cccc7ccccc67)cc5)cc4)cc3)nc(-c3ccc(-c4ccc(-c5ccc(N(c6ccccc6)c6cccc7ccccc67)cc5)cc4)cc3)c2)cc1. The minimum absolute atomic E-state index is 0.932. The van der Waals surface area contributed by atoms with Crippen LogP contribution in [0, 0.1) is 0 Å². The molecule has 0 saturated heterocycles. The summed E-state index contributed by atoms with van der Waals surface area (Å²) >= 11 is 0. The van der Waals surface area contributed by atoms with E-state index in [2.05, 4.69) is 359 Å². The zero-order valence-electron chi connectivity index (χ0n) is 46.3. The van der Waals surface area contributed by atoms with Gasteiger partial charge in [0.2, 0.25) is 0 Å². The highest BCUT2D eigenvalue weighted by Crippen LogP contribution is 2.42. The number of nitrogens with zero attached hydrogens (tertiary/aromatic N) is 3. The minimum Gasteiger partial charge on any atom is -0.310 e. The van der Waals surface area contributed by atoms with Crippen molar-refractivity contribution in [3.63, 3.8) is 0 Å². The molecule has 14 aromatic rings. The molecule has 0 fully saturated rings. The Morgan fingerprint density at radius 2 is 0.452 bits per heavy atom. The third kappa shape index (κ3) is 10.9. The summed E-state index contributed by atoms with van der Waals surface area (Å²) in [5, 5.41) is 4.87. The predicted octanol–water partition coefficient (Wildman–Crippen LogP) is 21.2. The largest absolute Gasteiger partial charge is 0.310 e. The van der Waals surface area contributed by atoms with Gasteiger partial charge in [0.1, 0.15) is 0 Å². The van der Waals surface area contributed by atoms with E-state index >= 15 is 0 Å². The monoisotopic (exact) mass is 1070 g/mol. The van der Waals surface area contributed by atoms with Crippen LogP contribution < -0.4 is 9.80 Å². The minimum atomic E-state index is 0.932. The van der Waals surface area contributed by atoms with Gasteiger partial charge in [-0.1, -0.05) is 261 Å². The Morgan fingerprint density at radius 1 is 0.202 bits per heavy atom. The molecule has 0 saturated carbocycles. The van der Waals surface area contributed by atoms with Crippen molar-refractivity contribution in [2.24, 2.45) is 0 Å². The highest BCUT2D eigenvalue weighted by atomic mass is 15.1. The molecule has 5 heteroatoms. The standard InChI is InChI=1S/C79H55N3.B2/c1-4-16-56(17-5-1)69-54-76(67-42-38-61(39-43-67)57-30-34-59(35-31-57)63-46-50-72(51-47-63)81(70-22-6-2-7-23-70)78-28-14-20-65-18-10-12-26-74(65)78)80-77(55-69)68-44-40-62(41-45-68)58-32-36-60(37-33-58)64-48-52-73(53-49-64)82(71-24-8-3-9-25-71)79-29-15-21-66-19-11-13-27-75(66)79;1-2/h1-55H;. The molecular formula is C79H55B2N3. The number of rotatable bonds is 13. The smallest absolute Gasteiger partial charge is 0.0715 e. The van der Waals surface area contributed by atoms with Crippen molar-refractivity contribution in [1.82, 2.24) is 4.98 Å². The van der Waals surface area contributed by atoms with Crippen LogP contribution in [0.3, 0.4) is 0 Å². The molecule has 0 aliphatic carbocycles. The van der Waals surface area contributed by atoms with E-state index in [9.17, 15) is 0 Å². The van der Waals surface area contributed by atoms with Crippen molar-refractivity contribution in [1.29, 1.82) is 0 Å². The Bertz CT molecular complexity index is 4220. The summed E-state index contributed by atoms with van der Waals surface area (Å²) in [4.78, 5) is 10.0. The summed E-state index contributed by atoms with van der Waals surface area (Å²) in [6.07, 6.45) is 0. The van der Waals surface area contributed by atoms with Gasteiger partial charge in [-0.15, -0.1) is 0 Å². The van der Waals surface area contributed by atoms with Gasteiger partial charge in [0.25, 0.3) is 0 Å². The first-order chi connectivity index (χ1) is 41.6. The van der Waals surface area contributed by atoms with Crippen LogP contribution in [0.4, 0.5) is 34.1 Å². The van der Waals surface area contributed by atoms with Gasteiger partial charge in [-0.3, -0.25) is 0 Å². The molecule has 0 N–H and O–H groups in total. The molecule has 392 valence electrons. The van der Waals surface area contributed by atoms with E-state index in [1.165, 1.54) is 43.8 Å². The summed E-state index contributed by atoms with van der Waals surface area (Å²) in [7, 11) is 8.00. The second kappa shape index (κ2) is 24.2. The van der Waals surface area contributed by atoms with Gasteiger partial charge in [-0.05, 0) is 139 Å². The quantitative estimate of drug-likeness (QED) is 0.107. The van der Waals surface area contributed by atoms with Gasteiger partial charge < -0.3 is 9.80 Å². The molecule has 0 amide bonds. The van der Waals surface area contributed by atoms with E-state index < -0.39 is 0 Å². The molecule has 0 aliphatic rings. The first-order valence-corrected chi connectivity index (χ1v) is 28.3. The van der Waals surface area contributed by atoms with E-state index in [4.69, 9.17) is 4.98 Å². The van der Waals surface area contributed by atoms with Gasteiger partial charge in [0.15, 0.2) is 0 Å². The lowest BCUT2D eigenvalue weighted by Gasteiger charge is -2.27. The number of hydrogen-bond donors (Lipinski definition) is 0. The third-order valence-electron chi connectivity index (χ3n) is 15.7. The van der Waals surface area contributed by atoms with E-state index in [-0.39, 0.29) is 0 Å². The normalized spacial score (nSPS) is 11.0. The topological polar surface area (TPSA) is 19.4 Å². The average molecular weight is 1070 g/mol. The van der Waals surface area contributed by atoms with Crippen LogP contribution >= 0.6 is 0 Å². The number of para-hydroxylation sites is 2. The molecule has 4 radical (unpaired) electrons. The van der Waals surface area contributed by atoms with Crippen LogP contribution in [0.15, 0.2) is 334 Å². The Labute approximate surface area is 494 Å². The third-order valence-corrected chi connectivity index (χ3v) is 15.7. The Kier molecular flexibility index (Phi) is 15.1. The molecule has 0 atom stereocenters. The summed E-state index contributed by atoms with van der Waals surface area (Å²) in [6.45, 7) is 0. The maximum absolute atomic E-state index is 5.32. The molecule has 14 rings (SSSR count). The fraction of sp³-hybridized carbons (Fsp3) is 0. The van der Waals surface area contributed by atoms with Crippen LogP contribution in [-0.2, 0) is 0 Å². The molecule has 13 aromatic carbocycles. The van der Waals surface area contributed by atoms with Crippen molar-refractivity contribution in [2.45, 2.75) is 0 Å². The van der Waals surface area contributed by atoms with Crippen LogP contribution in [0.5, 0.6) is 0 Å². The van der Waals surface area contributed by atoms with Crippen LogP contribution in [-0.4, -0.2) is 20.5 Å². The molecule has 0 aliphatic heterocycles. The second-order valence-corrected chi connectivity index (χ2v) is 20.7. The summed E-state index contributed by atoms with van der Waals surface area (Å²) in [5.74, 6) is 0. The van der Waals surface area contributed by atoms with Crippen molar-refractivity contribution in [3.05, 3.63) is 334 Å². The Morgan fingerprint density at radius 3 is 0.798 bits per heavy atom. The van der Waals surface area contributed by atoms with Crippen molar-refractivity contribution >= 4 is 71.1 Å². The lowest BCUT2D eigenvalue weighted by molar-refractivity contribution is 1.30. The number of fused-ring (bicyclic) bond motifs is 2. The van der Waals surface area contributed by atoms with Crippen molar-refractivity contribution in [3.8, 4) is 78.1 Å². The Hall–Kier alpha value is -10.7. The average Bonchev–Trinajstić information content (AvgIpc) is 3.77. The van der Waals surface area contributed by atoms with E-state index in [0.29, 0.717) is 0 Å². The lowest BCUT2D eigenvalue weighted by Crippen LogP contribution is -2.10. The predicted molar refractivity (Wildman–Crippen MR) is 358 cm³/mol. The zero-order valence-corrected chi connectivity index (χ0v) is 46.3. The van der Waals surface area contributed by atoms with E-state index in [0.717, 1.165) is 90.0 Å². The molecule has 0 unspecified atom stereocenters. The molecule has 0 bridgehead atoms. The number of anilines is 6. The van der Waals surface area contributed by atoms with Crippen molar-refractivity contribution < 1.29 is 0 Å². The van der Waals surface area contributed by atoms with Gasteiger partial charge >= 0.3 is 0 Å². The molecule has 3 nitrogen and oxygen atoms in total. The fourth-order valence-electron chi connectivity index (χ4n) is 11.4. The molecule has 1 heterocycles. The summed E-state index contributed by atoms with van der Waals surface area (Å²) < 4.78 is 0. The van der Waals surface area contributed by atoms with E-state index in [1.807, 2.05) is 0 Å². The zero-order chi connectivity index (χ0) is 56.6. The number of aromatic nitrogens is 1. The number of hydrogen-bond acceptors (Lipinski definition) is 3. The number of pyridine rings is 1. The first kappa shape index (κ1) is 52.6. The highest BCUT2D eigenvalue weighted by Gasteiger charge is 2.18. The van der Waals surface area contributed by atoms with Crippen LogP contribution in [0.2, 0.25) is 0 Å². The highest BCUT2D eigenvalue weighted by molar-refractivity contribution is 6.75. The first-order valence-electron chi connectivity index (χ1n) is 28.3. The van der Waals surface area contributed by atoms with E-state index in [1.54, 1.807) is 0 Å². The van der Waals surface area contributed by atoms with Crippen LogP contribution in [0.25, 0.3) is 99.7 Å². The summed E-state index contributed by atoms with van der Waals surface area (Å²) in [5.41, 5.74) is 22.4. The molecule has 1 aromatic heterocycles. The molecular weight excluding hydrogens is 1010 g/mol. The second-order valence-electron chi connectivity index (χ2n) is 20.7. The number of benzene rings is 13. The van der Waals surface area contributed by atoms with Gasteiger partial charge in [0.05, 0.1) is 22.8 Å². The molecule has 0 spiro atoms. The maximum Gasteiger partial charge on any atom is 0.0715 e. The Balaban J connectivity index is 0.00000326. The van der Waals surface area contributed by atoms with Crippen LogP contribution in [0.1, 0.15) is 0 Å². The maximum atomic E-state index is 5.32. The van der Waals surface area contributed by atoms with Crippen molar-refractivity contribution in [2.75, 3.05) is 9.80 Å². The van der Waals surface area contributed by atoms with Gasteiger partial charge in [-0.25, -0.2) is 4.98 Å². The van der Waals surface area contributed by atoms with Gasteiger partial charge in [0, 0.05) is 60.1 Å². The van der Waals surface area contributed by atoms with Gasteiger partial charge in [-0.2, -0.15) is 0 Å². The molecule has 84 heavy (non-hydrogen) atoms.